The van der Waals surface area contributed by atoms with E-state index >= 15 is 0 Å². The molecule has 2 N–H and O–H groups in total. The molecule has 0 spiro atoms. The maximum Gasteiger partial charge on any atom is 0.242 e. The molecule has 0 aromatic heterocycles. The second-order valence-electron chi connectivity index (χ2n) is 4.70. The fourth-order valence-corrected chi connectivity index (χ4v) is 2.54. The number of carbonyl (C=O) groups is 4. The Bertz CT molecular complexity index is 449. The van der Waals surface area contributed by atoms with E-state index in [1.165, 1.54) is 11.8 Å². The smallest absolute Gasteiger partial charge is 0.242 e. The monoisotopic (exact) mass is 482 g/mol. The van der Waals surface area contributed by atoms with E-state index < -0.39 is 5.91 Å². The predicted octanol–water partition coefficient (Wildman–Crippen LogP) is -0.0313. The topological polar surface area (TPSA) is 117 Å². The van der Waals surface area contributed by atoms with Gasteiger partial charge >= 0.3 is 0 Å². The molecule has 1 rings (SSSR count). The van der Waals surface area contributed by atoms with Gasteiger partial charge in [0, 0.05) is 72.7 Å². The van der Waals surface area contributed by atoms with Crippen LogP contribution in [0.25, 0.3) is 5.73 Å². The number of likely N-dealkylation sites (tertiary alicyclic amines) is 1. The molecule has 0 aromatic carbocycles. The Hall–Kier alpha value is -0.272. The number of hydrogen-bond acceptors (Lipinski definition) is 6. The summed E-state index contributed by atoms with van der Waals surface area (Å²) in [5.74, 6) is -1.42. The number of ether oxygens (including phenoxy) is 1. The minimum absolute atomic E-state index is 0. The van der Waals surface area contributed by atoms with Crippen LogP contribution in [0.2, 0.25) is 0 Å². The summed E-state index contributed by atoms with van der Waals surface area (Å²) in [6, 6.07) is 0. The van der Waals surface area contributed by atoms with Crippen molar-refractivity contribution in [3.8, 4) is 0 Å². The van der Waals surface area contributed by atoms with Crippen LogP contribution in [0.1, 0.15) is 19.3 Å². The van der Waals surface area contributed by atoms with E-state index in [1.54, 1.807) is 6.26 Å². The average Bonchev–Trinajstić information content (AvgIpc) is 2.74. The number of carbonyl (C=O) groups excluding carboxylic acids is 4. The molecule has 1 fully saturated rings. The van der Waals surface area contributed by atoms with Crippen LogP contribution in [-0.4, -0.2) is 66.3 Å². The van der Waals surface area contributed by atoms with Gasteiger partial charge in [0.25, 0.3) is 0 Å². The molecular formula is C13H20N3O5SSm-. The van der Waals surface area contributed by atoms with Crippen molar-refractivity contribution in [2.75, 3.05) is 32.6 Å². The molecule has 0 aromatic rings. The second-order valence-corrected chi connectivity index (χ2v) is 5.74. The number of thioether (sulfide) groups is 1. The summed E-state index contributed by atoms with van der Waals surface area (Å²) in [6.45, 7) is 0.773. The van der Waals surface area contributed by atoms with Crippen molar-refractivity contribution in [2.24, 2.45) is 0 Å². The first kappa shape index (κ1) is 22.7. The fourth-order valence-electron chi connectivity index (χ4n) is 1.90. The van der Waals surface area contributed by atoms with Crippen LogP contribution in [0.5, 0.6) is 0 Å². The largest absolute Gasteiger partial charge is 0.668 e. The summed E-state index contributed by atoms with van der Waals surface area (Å²) in [7, 11) is 0. The van der Waals surface area contributed by atoms with Crippen LogP contribution in [-0.2, 0) is 23.9 Å². The molecule has 1 aliphatic heterocycles. The van der Waals surface area contributed by atoms with Crippen LogP contribution in [0.3, 0.4) is 0 Å². The number of nitrogens with one attached hydrogen (secondary N) is 2. The predicted molar refractivity (Wildman–Crippen MR) is 81.0 cm³/mol. The van der Waals surface area contributed by atoms with Gasteiger partial charge in [-0.15, -0.1) is 0 Å². The minimum Gasteiger partial charge on any atom is -0.668 e. The van der Waals surface area contributed by atoms with Gasteiger partial charge < -0.3 is 20.6 Å². The molecular weight excluding hydrogens is 461 g/mol. The summed E-state index contributed by atoms with van der Waals surface area (Å²) in [6.07, 6.45) is 2.07. The zero-order chi connectivity index (χ0) is 16.5. The Morgan fingerprint density at radius 2 is 2.04 bits per heavy atom. The quantitative estimate of drug-likeness (QED) is 0.347. The molecule has 4 amide bonds. The number of rotatable bonds is 10. The van der Waals surface area contributed by atoms with Gasteiger partial charge in [0.05, 0.1) is 24.4 Å². The first-order valence-corrected chi connectivity index (χ1v) is 8.20. The maximum atomic E-state index is 11.8. The van der Waals surface area contributed by atoms with Gasteiger partial charge in [-0.2, -0.15) is 11.8 Å². The molecule has 1 saturated heterocycles. The van der Waals surface area contributed by atoms with Gasteiger partial charge in [0.2, 0.25) is 17.7 Å². The molecule has 0 aliphatic carbocycles. The van der Waals surface area contributed by atoms with Crippen LogP contribution in [0, 0.1) is 40.4 Å². The maximum absolute atomic E-state index is 11.8. The summed E-state index contributed by atoms with van der Waals surface area (Å²) >= 11 is 1.34. The van der Waals surface area contributed by atoms with E-state index in [2.05, 4.69) is 5.32 Å². The molecule has 0 bridgehead atoms. The van der Waals surface area contributed by atoms with Crippen LogP contribution >= 0.6 is 11.8 Å². The molecule has 0 radical (unpaired) electrons. The van der Waals surface area contributed by atoms with E-state index in [0.717, 1.165) is 4.90 Å². The van der Waals surface area contributed by atoms with Crippen LogP contribution in [0.4, 0.5) is 0 Å². The summed E-state index contributed by atoms with van der Waals surface area (Å²) in [5, 5.41) is 2.27. The molecule has 1 unspecified atom stereocenters. The van der Waals surface area contributed by atoms with Gasteiger partial charge in [-0.05, 0) is 6.26 Å². The number of hydrogen-bond donors (Lipinski definition) is 1. The van der Waals surface area contributed by atoms with E-state index in [4.69, 9.17) is 10.5 Å². The third-order valence-electron chi connectivity index (χ3n) is 3.09. The Morgan fingerprint density at radius 1 is 1.35 bits per heavy atom. The number of amides is 4. The Morgan fingerprint density at radius 3 is 2.61 bits per heavy atom. The van der Waals surface area contributed by atoms with Gasteiger partial charge in [-0.3, -0.25) is 19.3 Å². The third kappa shape index (κ3) is 8.40. The van der Waals surface area contributed by atoms with E-state index in [0.29, 0.717) is 0 Å². The summed E-state index contributed by atoms with van der Waals surface area (Å²) in [5.41, 5.74) is 6.67. The Kier molecular flexibility index (Phi) is 12.0. The fraction of sp³-hybridized carbons (Fsp3) is 0.692. The molecule has 1 heterocycles. The van der Waals surface area contributed by atoms with E-state index in [-0.39, 0.29) is 109 Å². The normalized spacial score (nSPS) is 17.1. The van der Waals surface area contributed by atoms with Crippen LogP contribution < -0.4 is 5.32 Å². The minimum atomic E-state index is -0.687. The van der Waals surface area contributed by atoms with E-state index in [1.807, 2.05) is 0 Å². The zero-order valence-corrected chi connectivity index (χ0v) is 16.3. The third-order valence-corrected chi connectivity index (χ3v) is 4.03. The van der Waals surface area contributed by atoms with Crippen LogP contribution in [0.15, 0.2) is 0 Å². The van der Waals surface area contributed by atoms with Crippen molar-refractivity contribution >= 4 is 35.4 Å². The Labute approximate surface area is 171 Å². The van der Waals surface area contributed by atoms with Gasteiger partial charge in [-0.25, -0.2) is 0 Å². The van der Waals surface area contributed by atoms with Crippen molar-refractivity contribution < 1.29 is 64.3 Å². The SMILES string of the molecule is CSC1CC(=O)N(CCC(=O)NCCOCCC([NH-])=O)C1=O.[Sm]. The summed E-state index contributed by atoms with van der Waals surface area (Å²) in [4.78, 5) is 46.6. The average molecular weight is 481 g/mol. The van der Waals surface area contributed by atoms with Crippen molar-refractivity contribution in [3.63, 3.8) is 0 Å². The second kappa shape index (κ2) is 12.1. The molecule has 0 saturated carbocycles. The standard InChI is InChI=1S/C13H21N3O5S.Sm/c1-22-9-8-12(19)16(13(9)20)5-2-11(18)15-4-7-21-6-3-10(14)17;/h9H,2-8H2,1H3,(H3,14,15,17,18);/p-1. The number of nitrogens with zero attached hydrogens (tertiary/aromatic N) is 1. The molecule has 130 valence electrons. The van der Waals surface area contributed by atoms with E-state index in [9.17, 15) is 19.2 Å². The molecule has 23 heavy (non-hydrogen) atoms. The molecule has 8 nitrogen and oxygen atoms in total. The van der Waals surface area contributed by atoms with Gasteiger partial charge in [0.15, 0.2) is 0 Å². The van der Waals surface area contributed by atoms with Gasteiger partial charge in [0.1, 0.15) is 0 Å². The van der Waals surface area contributed by atoms with Crippen molar-refractivity contribution in [1.29, 1.82) is 0 Å². The Balaban J connectivity index is 0.00000484. The summed E-state index contributed by atoms with van der Waals surface area (Å²) < 4.78 is 5.06. The zero-order valence-electron chi connectivity index (χ0n) is 12.8. The van der Waals surface area contributed by atoms with Gasteiger partial charge in [-0.1, -0.05) is 0 Å². The number of imide groups is 1. The molecule has 10 heteroatoms. The first-order chi connectivity index (χ1) is 10.5. The van der Waals surface area contributed by atoms with Crippen molar-refractivity contribution in [1.82, 2.24) is 10.2 Å². The molecule has 1 atom stereocenters. The van der Waals surface area contributed by atoms with Crippen molar-refractivity contribution in [2.45, 2.75) is 24.5 Å². The van der Waals surface area contributed by atoms with Crippen molar-refractivity contribution in [3.05, 3.63) is 5.73 Å². The first-order valence-electron chi connectivity index (χ1n) is 6.91. The molecule has 1 aliphatic rings.